The number of hydrogen-bond acceptors (Lipinski definition) is 4. The Bertz CT molecular complexity index is 778. The number of benzene rings is 1. The van der Waals surface area contributed by atoms with Crippen LogP contribution in [-0.4, -0.2) is 61.6 Å². The summed E-state index contributed by atoms with van der Waals surface area (Å²) in [6.45, 7) is 3.47. The highest BCUT2D eigenvalue weighted by atomic mass is 32.2. The molecular formula is C17H23N3O4S. The zero-order chi connectivity index (χ0) is 18.0. The first-order valence-electron chi connectivity index (χ1n) is 8.51. The minimum absolute atomic E-state index is 0.0869. The molecule has 1 saturated heterocycles. The lowest BCUT2D eigenvalue weighted by Gasteiger charge is -2.26. The third-order valence-electron chi connectivity index (χ3n) is 4.62. The molecule has 8 heteroatoms. The highest BCUT2D eigenvalue weighted by Crippen LogP contribution is 2.22. The van der Waals surface area contributed by atoms with E-state index in [1.807, 2.05) is 6.92 Å². The molecule has 0 spiro atoms. The van der Waals surface area contributed by atoms with Crippen molar-refractivity contribution in [3.63, 3.8) is 0 Å². The predicted molar refractivity (Wildman–Crippen MR) is 92.7 cm³/mol. The second kappa shape index (κ2) is 7.03. The van der Waals surface area contributed by atoms with E-state index < -0.39 is 9.84 Å². The normalized spacial score (nSPS) is 20.8. The number of likely N-dealkylation sites (tertiary alicyclic amines) is 1. The van der Waals surface area contributed by atoms with Gasteiger partial charge < -0.3 is 15.1 Å². The van der Waals surface area contributed by atoms with Crippen LogP contribution in [0.3, 0.4) is 0 Å². The molecule has 3 amide bonds. The maximum Gasteiger partial charge on any atom is 0.317 e. The van der Waals surface area contributed by atoms with Crippen LogP contribution >= 0.6 is 0 Å². The Morgan fingerprint density at radius 1 is 1.28 bits per heavy atom. The molecule has 1 N–H and O–H groups in total. The average Bonchev–Trinajstić information content (AvgIpc) is 2.89. The second-order valence-corrected chi connectivity index (χ2v) is 8.72. The van der Waals surface area contributed by atoms with Gasteiger partial charge in [0, 0.05) is 38.6 Å². The van der Waals surface area contributed by atoms with Crippen LogP contribution in [0.4, 0.5) is 4.79 Å². The fraction of sp³-hybridized carbons (Fsp3) is 0.529. The van der Waals surface area contributed by atoms with Crippen LogP contribution in [0.2, 0.25) is 0 Å². The smallest absolute Gasteiger partial charge is 0.317 e. The summed E-state index contributed by atoms with van der Waals surface area (Å²) in [4.78, 5) is 27.8. The Morgan fingerprint density at radius 3 is 2.76 bits per heavy atom. The minimum Gasteiger partial charge on any atom is -0.341 e. The maximum absolute atomic E-state index is 12.6. The van der Waals surface area contributed by atoms with Crippen molar-refractivity contribution in [1.82, 2.24) is 15.1 Å². The Labute approximate surface area is 147 Å². The van der Waals surface area contributed by atoms with Crippen LogP contribution in [0.5, 0.6) is 0 Å². The van der Waals surface area contributed by atoms with Crippen molar-refractivity contribution in [3.8, 4) is 0 Å². The number of nitrogens with one attached hydrogen (secondary N) is 1. The van der Waals surface area contributed by atoms with Gasteiger partial charge in [0.1, 0.15) is 0 Å². The van der Waals surface area contributed by atoms with E-state index >= 15 is 0 Å². The van der Waals surface area contributed by atoms with Crippen LogP contribution in [0.15, 0.2) is 29.2 Å². The summed E-state index contributed by atoms with van der Waals surface area (Å²) in [6.07, 6.45) is 1.43. The van der Waals surface area contributed by atoms with Gasteiger partial charge in [-0.2, -0.15) is 0 Å². The molecule has 1 aromatic rings. The molecule has 0 saturated carbocycles. The Morgan fingerprint density at radius 2 is 2.04 bits per heavy atom. The van der Waals surface area contributed by atoms with Crippen molar-refractivity contribution in [2.24, 2.45) is 0 Å². The molecule has 0 bridgehead atoms. The second-order valence-electron chi connectivity index (χ2n) is 6.64. The number of amides is 3. The number of fused-ring (bicyclic) bond motifs is 1. The fourth-order valence-corrected chi connectivity index (χ4v) is 4.81. The van der Waals surface area contributed by atoms with Crippen molar-refractivity contribution >= 4 is 21.8 Å². The van der Waals surface area contributed by atoms with Gasteiger partial charge in [0.2, 0.25) is 5.91 Å². The summed E-state index contributed by atoms with van der Waals surface area (Å²) >= 11 is 0. The van der Waals surface area contributed by atoms with Gasteiger partial charge in [-0.25, -0.2) is 13.2 Å². The van der Waals surface area contributed by atoms with Crippen molar-refractivity contribution in [3.05, 3.63) is 29.8 Å². The zero-order valence-corrected chi connectivity index (χ0v) is 15.1. The molecule has 1 unspecified atom stereocenters. The lowest BCUT2D eigenvalue weighted by atomic mass is 10.2. The number of hydrogen-bond donors (Lipinski definition) is 1. The summed E-state index contributed by atoms with van der Waals surface area (Å²) in [6, 6.07) is 6.31. The molecule has 0 radical (unpaired) electrons. The molecule has 136 valence electrons. The number of carbonyl (C=O) groups is 2. The van der Waals surface area contributed by atoms with E-state index in [1.165, 1.54) is 4.90 Å². The third kappa shape index (κ3) is 3.95. The molecular weight excluding hydrogens is 342 g/mol. The summed E-state index contributed by atoms with van der Waals surface area (Å²) < 4.78 is 24.7. The monoisotopic (exact) mass is 365 g/mol. The first-order valence-corrected chi connectivity index (χ1v) is 10.2. The largest absolute Gasteiger partial charge is 0.341 e. The number of carbonyl (C=O) groups excluding carboxylic acids is 2. The SMILES string of the molecule is CC(CN1CCCC1=O)NC(=O)N1CCS(=O)(=O)c2ccccc2C1. The van der Waals surface area contributed by atoms with Gasteiger partial charge in [-0.1, -0.05) is 18.2 Å². The molecule has 2 aliphatic rings. The molecule has 3 rings (SSSR count). The topological polar surface area (TPSA) is 86.8 Å². The van der Waals surface area contributed by atoms with E-state index in [9.17, 15) is 18.0 Å². The molecule has 1 aromatic carbocycles. The molecule has 2 heterocycles. The number of nitrogens with zero attached hydrogens (tertiary/aromatic N) is 2. The number of sulfone groups is 1. The summed E-state index contributed by atoms with van der Waals surface area (Å²) in [5.41, 5.74) is 0.637. The van der Waals surface area contributed by atoms with E-state index in [4.69, 9.17) is 0 Å². The number of urea groups is 1. The molecule has 7 nitrogen and oxygen atoms in total. The third-order valence-corrected chi connectivity index (χ3v) is 6.41. The quantitative estimate of drug-likeness (QED) is 0.866. The highest BCUT2D eigenvalue weighted by Gasteiger charge is 2.28. The molecule has 2 aliphatic heterocycles. The van der Waals surface area contributed by atoms with Crippen LogP contribution in [-0.2, 0) is 21.2 Å². The van der Waals surface area contributed by atoms with Crippen LogP contribution < -0.4 is 5.32 Å². The van der Waals surface area contributed by atoms with E-state index in [0.29, 0.717) is 23.4 Å². The van der Waals surface area contributed by atoms with Crippen molar-refractivity contribution in [1.29, 1.82) is 0 Å². The van der Waals surface area contributed by atoms with Crippen molar-refractivity contribution in [2.75, 3.05) is 25.4 Å². The van der Waals surface area contributed by atoms with Crippen LogP contribution in [0.25, 0.3) is 0 Å². The van der Waals surface area contributed by atoms with E-state index in [1.54, 1.807) is 29.2 Å². The summed E-state index contributed by atoms with van der Waals surface area (Å²) in [7, 11) is -3.37. The standard InChI is InChI=1S/C17H23N3O4S/c1-13(11-19-8-4-7-16(19)21)18-17(22)20-9-10-25(23,24)15-6-3-2-5-14(15)12-20/h2-3,5-6,13H,4,7-12H2,1H3,(H,18,22). The molecule has 1 atom stereocenters. The van der Waals surface area contributed by atoms with Crippen molar-refractivity contribution in [2.45, 2.75) is 37.2 Å². The van der Waals surface area contributed by atoms with Gasteiger partial charge in [0.25, 0.3) is 0 Å². The average molecular weight is 365 g/mol. The first kappa shape index (κ1) is 17.7. The number of rotatable bonds is 3. The fourth-order valence-electron chi connectivity index (χ4n) is 3.31. The Hall–Kier alpha value is -2.09. The Balaban J connectivity index is 1.66. The summed E-state index contributed by atoms with van der Waals surface area (Å²) in [5, 5.41) is 2.88. The van der Waals surface area contributed by atoms with E-state index in [-0.39, 0.29) is 36.8 Å². The zero-order valence-electron chi connectivity index (χ0n) is 14.3. The van der Waals surface area contributed by atoms with Crippen LogP contribution in [0.1, 0.15) is 25.3 Å². The molecule has 1 fully saturated rings. The lowest BCUT2D eigenvalue weighted by Crippen LogP contribution is -2.48. The van der Waals surface area contributed by atoms with Gasteiger partial charge in [-0.05, 0) is 25.0 Å². The highest BCUT2D eigenvalue weighted by molar-refractivity contribution is 7.91. The van der Waals surface area contributed by atoms with E-state index in [0.717, 1.165) is 13.0 Å². The van der Waals surface area contributed by atoms with Gasteiger partial charge in [0.05, 0.1) is 10.6 Å². The Kier molecular flexibility index (Phi) is 4.99. The van der Waals surface area contributed by atoms with Gasteiger partial charge in [-0.15, -0.1) is 0 Å². The van der Waals surface area contributed by atoms with E-state index in [2.05, 4.69) is 5.32 Å². The molecule has 0 aliphatic carbocycles. The summed E-state index contributed by atoms with van der Waals surface area (Å²) in [5.74, 6) is 0.0343. The van der Waals surface area contributed by atoms with Gasteiger partial charge in [0.15, 0.2) is 9.84 Å². The first-order chi connectivity index (χ1) is 11.9. The minimum atomic E-state index is -3.37. The molecule has 25 heavy (non-hydrogen) atoms. The maximum atomic E-state index is 12.6. The lowest BCUT2D eigenvalue weighted by molar-refractivity contribution is -0.127. The predicted octanol–water partition coefficient (Wildman–Crippen LogP) is 0.996. The van der Waals surface area contributed by atoms with Crippen molar-refractivity contribution < 1.29 is 18.0 Å². The van der Waals surface area contributed by atoms with Gasteiger partial charge >= 0.3 is 6.03 Å². The van der Waals surface area contributed by atoms with Crippen LogP contribution in [0, 0.1) is 0 Å². The van der Waals surface area contributed by atoms with Gasteiger partial charge in [-0.3, -0.25) is 4.79 Å². The molecule has 0 aromatic heterocycles.